The van der Waals surface area contributed by atoms with Crippen LogP contribution in [0.3, 0.4) is 0 Å². The summed E-state index contributed by atoms with van der Waals surface area (Å²) < 4.78 is 0. The molecule has 0 spiro atoms. The third-order valence-corrected chi connectivity index (χ3v) is 2.99. The fourth-order valence-electron chi connectivity index (χ4n) is 1.89. The predicted octanol–water partition coefficient (Wildman–Crippen LogP) is 6.17. The molecule has 0 saturated heterocycles. The second-order valence-electron chi connectivity index (χ2n) is 4.16. The molecule has 0 aliphatic carbocycles. The van der Waals surface area contributed by atoms with Crippen LogP contribution in [0.25, 0.3) is 11.1 Å². The Kier molecular flexibility index (Phi) is 10.4. The molecule has 2 aromatic rings. The van der Waals surface area contributed by atoms with Crippen LogP contribution in [-0.4, -0.2) is 9.97 Å². The van der Waals surface area contributed by atoms with Crippen LogP contribution in [0.15, 0.2) is 24.4 Å². The number of hydrogen-bond acceptors (Lipinski definition) is 2. The van der Waals surface area contributed by atoms with E-state index in [0.29, 0.717) is 0 Å². The minimum absolute atomic E-state index is 0.826. The molecule has 0 saturated carbocycles. The van der Waals surface area contributed by atoms with Crippen LogP contribution in [0.2, 0.25) is 0 Å². The number of benzene rings is 1. The van der Waals surface area contributed by atoms with Crippen LogP contribution in [0.4, 0.5) is 0 Å². The minimum Gasteiger partial charge on any atom is -0.241 e. The van der Waals surface area contributed by atoms with Crippen molar-refractivity contribution in [1.82, 2.24) is 9.97 Å². The van der Waals surface area contributed by atoms with Crippen LogP contribution in [0, 0.1) is 27.7 Å². The summed E-state index contributed by atoms with van der Waals surface area (Å²) in [5.41, 5.74) is 6.01. The molecule has 0 bridgehead atoms. The van der Waals surface area contributed by atoms with E-state index in [1.165, 1.54) is 16.7 Å². The van der Waals surface area contributed by atoms with Crippen molar-refractivity contribution < 1.29 is 0 Å². The monoisotopic (exact) mass is 496 g/mol. The number of hydrogen-bond donors (Lipinski definition) is 0. The van der Waals surface area contributed by atoms with Gasteiger partial charge in [-0.25, -0.2) is 9.97 Å². The molecule has 2 nitrogen and oxygen atoms in total. The van der Waals surface area contributed by atoms with E-state index in [0.717, 1.165) is 17.1 Å². The van der Waals surface area contributed by atoms with Gasteiger partial charge < -0.3 is 0 Å². The molecule has 0 fully saturated rings. The Morgan fingerprint density at radius 1 is 0.900 bits per heavy atom. The van der Waals surface area contributed by atoms with Gasteiger partial charge in [0.15, 0.2) is 0 Å². The molecule has 1 aromatic heterocycles. The average molecular weight is 496 g/mol. The third-order valence-electron chi connectivity index (χ3n) is 2.99. The van der Waals surface area contributed by atoms with Crippen molar-refractivity contribution in [2.45, 2.75) is 41.5 Å². The molecule has 0 atom stereocenters. The minimum atomic E-state index is 0.826. The molecular weight excluding hydrogens is 474 g/mol. The number of halogens is 2. The molecule has 1 heterocycles. The van der Waals surface area contributed by atoms with Gasteiger partial charge in [0.25, 0.3) is 0 Å². The maximum atomic E-state index is 4.41. The first-order valence-electron chi connectivity index (χ1n) is 6.60. The highest BCUT2D eigenvalue weighted by Gasteiger charge is 2.07. The van der Waals surface area contributed by atoms with Gasteiger partial charge in [0.2, 0.25) is 0 Å². The van der Waals surface area contributed by atoms with Crippen molar-refractivity contribution in [3.8, 4) is 11.1 Å². The highest BCUT2D eigenvalue weighted by atomic mass is 128. The van der Waals surface area contributed by atoms with Gasteiger partial charge in [-0.05, 0) is 44.4 Å². The maximum absolute atomic E-state index is 4.41. The standard InChI is InChI=1S/C14H16N2.C2H6.I2/c1-9-6-5-7-13(10(9)2)14-8-15-12(4)16-11(14)3;2*1-2/h5-8H,1-4H3;1-2H3;. The number of aromatic nitrogens is 2. The Balaban J connectivity index is 0.000000829. The average Bonchev–Trinajstić information content (AvgIpc) is 2.47. The lowest BCUT2D eigenvalue weighted by Crippen LogP contribution is -1.96. The van der Waals surface area contributed by atoms with Gasteiger partial charge in [0, 0.05) is 54.7 Å². The fraction of sp³-hybridized carbons (Fsp3) is 0.375. The molecule has 0 aliphatic rings. The summed E-state index contributed by atoms with van der Waals surface area (Å²) in [7, 11) is 0. The van der Waals surface area contributed by atoms with Crippen molar-refractivity contribution in [2.24, 2.45) is 0 Å². The summed E-state index contributed by atoms with van der Waals surface area (Å²) >= 11 is 4.24. The zero-order chi connectivity index (χ0) is 15.7. The van der Waals surface area contributed by atoms with Crippen molar-refractivity contribution in [2.75, 3.05) is 0 Å². The van der Waals surface area contributed by atoms with Crippen LogP contribution in [0.1, 0.15) is 36.5 Å². The van der Waals surface area contributed by atoms with Crippen LogP contribution in [0.5, 0.6) is 0 Å². The van der Waals surface area contributed by atoms with E-state index >= 15 is 0 Å². The smallest absolute Gasteiger partial charge is 0.125 e. The van der Waals surface area contributed by atoms with E-state index in [2.05, 4.69) is 79.2 Å². The second-order valence-corrected chi connectivity index (χ2v) is 4.16. The largest absolute Gasteiger partial charge is 0.241 e. The van der Waals surface area contributed by atoms with Crippen molar-refractivity contribution >= 4 is 37.2 Å². The lowest BCUT2D eigenvalue weighted by atomic mass is 9.97. The molecule has 4 heteroatoms. The topological polar surface area (TPSA) is 25.8 Å². The van der Waals surface area contributed by atoms with Crippen molar-refractivity contribution in [1.29, 1.82) is 0 Å². The highest BCUT2D eigenvalue weighted by Crippen LogP contribution is 2.26. The third kappa shape index (κ3) is 5.27. The van der Waals surface area contributed by atoms with Gasteiger partial charge in [-0.3, -0.25) is 0 Å². The molecule has 20 heavy (non-hydrogen) atoms. The zero-order valence-electron chi connectivity index (χ0n) is 13.0. The predicted molar refractivity (Wildman–Crippen MR) is 106 cm³/mol. The summed E-state index contributed by atoms with van der Waals surface area (Å²) in [5, 5.41) is 0. The molecule has 0 radical (unpaired) electrons. The van der Waals surface area contributed by atoms with E-state index < -0.39 is 0 Å². The first kappa shape index (κ1) is 19.8. The molecular formula is C16H22I2N2. The SMILES string of the molecule is CC.Cc1ncc(-c2cccc(C)c2C)c(C)n1.II. The zero-order valence-corrected chi connectivity index (χ0v) is 17.3. The van der Waals surface area contributed by atoms with Crippen molar-refractivity contribution in [3.05, 3.63) is 47.0 Å². The Morgan fingerprint density at radius 2 is 1.50 bits per heavy atom. The molecule has 0 unspecified atom stereocenters. The van der Waals surface area contributed by atoms with E-state index in [1.54, 1.807) is 0 Å². The molecule has 110 valence electrons. The Morgan fingerprint density at radius 3 is 2.05 bits per heavy atom. The first-order valence-corrected chi connectivity index (χ1v) is 12.9. The summed E-state index contributed by atoms with van der Waals surface area (Å²) in [6, 6.07) is 6.34. The Hall–Kier alpha value is -0.240. The van der Waals surface area contributed by atoms with Gasteiger partial charge in [-0.15, -0.1) is 0 Å². The van der Waals surface area contributed by atoms with E-state index in [9.17, 15) is 0 Å². The lowest BCUT2D eigenvalue weighted by molar-refractivity contribution is 1.01. The second kappa shape index (κ2) is 10.5. The number of rotatable bonds is 1. The molecule has 0 amide bonds. The summed E-state index contributed by atoms with van der Waals surface area (Å²) in [5.74, 6) is 0.826. The first-order chi connectivity index (χ1) is 9.59. The van der Waals surface area contributed by atoms with Crippen LogP contribution >= 0.6 is 37.2 Å². The molecule has 1 aromatic carbocycles. The van der Waals surface area contributed by atoms with E-state index in [1.807, 2.05) is 33.9 Å². The fourth-order valence-corrected chi connectivity index (χ4v) is 1.89. The molecule has 2 rings (SSSR count). The van der Waals surface area contributed by atoms with Gasteiger partial charge in [0.1, 0.15) is 5.82 Å². The van der Waals surface area contributed by atoms with Gasteiger partial charge in [0.05, 0.1) is 0 Å². The van der Waals surface area contributed by atoms with Gasteiger partial charge in [-0.1, -0.05) is 32.0 Å². The van der Waals surface area contributed by atoms with E-state index in [4.69, 9.17) is 0 Å². The normalized spacial score (nSPS) is 9.00. The number of nitrogens with zero attached hydrogens (tertiary/aromatic N) is 2. The lowest BCUT2D eigenvalue weighted by Gasteiger charge is -2.10. The van der Waals surface area contributed by atoms with Crippen LogP contribution < -0.4 is 0 Å². The van der Waals surface area contributed by atoms with E-state index in [-0.39, 0.29) is 0 Å². The summed E-state index contributed by atoms with van der Waals surface area (Å²) in [4.78, 5) is 8.69. The summed E-state index contributed by atoms with van der Waals surface area (Å²) in [6.07, 6.45) is 1.92. The number of aryl methyl sites for hydroxylation is 3. The van der Waals surface area contributed by atoms with Crippen LogP contribution in [-0.2, 0) is 0 Å². The quantitative estimate of drug-likeness (QED) is 0.442. The highest BCUT2D eigenvalue weighted by molar-refractivity contribution is 15.0. The molecule has 0 N–H and O–H groups in total. The van der Waals surface area contributed by atoms with Crippen molar-refractivity contribution in [3.63, 3.8) is 0 Å². The Labute approximate surface area is 146 Å². The summed E-state index contributed by atoms with van der Waals surface area (Å²) in [6.45, 7) is 12.2. The van der Waals surface area contributed by atoms with Gasteiger partial charge >= 0.3 is 0 Å². The Bertz CT molecular complexity index is 540. The maximum Gasteiger partial charge on any atom is 0.125 e. The van der Waals surface area contributed by atoms with Gasteiger partial charge in [-0.2, -0.15) is 0 Å². The molecule has 0 aliphatic heterocycles.